The Labute approximate surface area is 95.6 Å². The van der Waals surface area contributed by atoms with E-state index >= 15 is 0 Å². The van der Waals surface area contributed by atoms with Crippen molar-refractivity contribution >= 4 is 33.2 Å². The average molecular weight is 278 g/mol. The molecule has 3 nitrogen and oxygen atoms in total. The van der Waals surface area contributed by atoms with Crippen molar-refractivity contribution in [1.29, 1.82) is 0 Å². The minimum Gasteiger partial charge on any atom is -0.465 e. The second-order valence-electron chi connectivity index (χ2n) is 3.32. The molecule has 0 spiro atoms. The summed E-state index contributed by atoms with van der Waals surface area (Å²) in [6.07, 6.45) is 0. The molecule has 78 valence electrons. The van der Waals surface area contributed by atoms with Crippen molar-refractivity contribution in [1.82, 2.24) is 4.98 Å². The predicted octanol–water partition coefficient (Wildman–Crippen LogP) is 2.75. The Morgan fingerprint density at radius 3 is 2.79 bits per heavy atom. The molecule has 0 fully saturated rings. The summed E-state index contributed by atoms with van der Waals surface area (Å²) in [6, 6.07) is 0. The Bertz CT molecular complexity index is 335. The zero-order valence-corrected chi connectivity index (χ0v) is 10.7. The molecule has 0 aliphatic carbocycles. The molecule has 0 saturated carbocycles. The van der Waals surface area contributed by atoms with Crippen molar-refractivity contribution in [3.8, 4) is 0 Å². The molecule has 0 aromatic carbocycles. The van der Waals surface area contributed by atoms with Gasteiger partial charge in [0.15, 0.2) is 0 Å². The Morgan fingerprint density at radius 1 is 1.71 bits per heavy atom. The molecule has 1 aromatic heterocycles. The summed E-state index contributed by atoms with van der Waals surface area (Å²) in [7, 11) is 0. The number of carbonyl (C=O) groups is 1. The molecule has 0 aliphatic heterocycles. The quantitative estimate of drug-likeness (QED) is 0.798. The molecule has 5 heteroatoms. The van der Waals surface area contributed by atoms with Crippen LogP contribution in [-0.4, -0.2) is 17.6 Å². The van der Waals surface area contributed by atoms with Crippen LogP contribution in [0.3, 0.4) is 0 Å². The first-order valence-electron chi connectivity index (χ1n) is 4.27. The van der Waals surface area contributed by atoms with Gasteiger partial charge >= 0.3 is 5.97 Å². The lowest BCUT2D eigenvalue weighted by atomic mass is 9.95. The largest absolute Gasteiger partial charge is 0.465 e. The van der Waals surface area contributed by atoms with E-state index in [0.29, 0.717) is 6.61 Å². The van der Waals surface area contributed by atoms with Crippen LogP contribution >= 0.6 is 27.3 Å². The van der Waals surface area contributed by atoms with E-state index in [-0.39, 0.29) is 5.97 Å². The third-order valence-electron chi connectivity index (χ3n) is 1.80. The van der Waals surface area contributed by atoms with Crippen molar-refractivity contribution in [2.75, 3.05) is 6.61 Å². The number of hydrogen-bond donors (Lipinski definition) is 0. The zero-order valence-electron chi connectivity index (χ0n) is 8.33. The summed E-state index contributed by atoms with van der Waals surface area (Å²) in [4.78, 5) is 15.8. The Balaban J connectivity index is 2.89. The van der Waals surface area contributed by atoms with E-state index in [1.807, 2.05) is 19.2 Å². The number of carbonyl (C=O) groups excluding carboxylic acids is 1. The number of esters is 1. The summed E-state index contributed by atoms with van der Waals surface area (Å²) in [5, 5.41) is 2.62. The standard InChI is InChI=1S/C9H12BrNO2S/c1-4-13-8(12)9(2,3)7-11-6(10)5-14-7/h5H,4H2,1-3H3. The molecule has 0 bridgehead atoms. The lowest BCUT2D eigenvalue weighted by Crippen LogP contribution is -2.30. The van der Waals surface area contributed by atoms with E-state index in [4.69, 9.17) is 4.74 Å². The maximum Gasteiger partial charge on any atom is 0.318 e. The highest BCUT2D eigenvalue weighted by Crippen LogP contribution is 2.29. The third-order valence-corrected chi connectivity index (χ3v) is 3.67. The lowest BCUT2D eigenvalue weighted by Gasteiger charge is -2.19. The van der Waals surface area contributed by atoms with Gasteiger partial charge in [0.2, 0.25) is 0 Å². The van der Waals surface area contributed by atoms with Crippen LogP contribution in [-0.2, 0) is 14.9 Å². The van der Waals surface area contributed by atoms with Gasteiger partial charge < -0.3 is 4.74 Å². The topological polar surface area (TPSA) is 39.2 Å². The molecule has 0 N–H and O–H groups in total. The van der Waals surface area contributed by atoms with Gasteiger partial charge in [-0.3, -0.25) is 4.79 Å². The van der Waals surface area contributed by atoms with Gasteiger partial charge in [0.05, 0.1) is 6.61 Å². The number of hydrogen-bond acceptors (Lipinski definition) is 4. The fraction of sp³-hybridized carbons (Fsp3) is 0.556. The predicted molar refractivity (Wildman–Crippen MR) is 59.5 cm³/mol. The SMILES string of the molecule is CCOC(=O)C(C)(C)c1nc(Br)cs1. The van der Waals surface area contributed by atoms with Crippen molar-refractivity contribution in [2.45, 2.75) is 26.2 Å². The first-order valence-corrected chi connectivity index (χ1v) is 5.94. The summed E-state index contributed by atoms with van der Waals surface area (Å²) in [6.45, 7) is 5.83. The molecule has 0 radical (unpaired) electrons. The fourth-order valence-electron chi connectivity index (χ4n) is 0.940. The highest BCUT2D eigenvalue weighted by molar-refractivity contribution is 9.10. The molecule has 0 unspecified atom stereocenters. The molecule has 14 heavy (non-hydrogen) atoms. The van der Waals surface area contributed by atoms with Crippen LogP contribution in [0.25, 0.3) is 0 Å². The molecule has 0 aliphatic rings. The maximum atomic E-state index is 11.6. The number of halogens is 1. The van der Waals surface area contributed by atoms with Crippen molar-refractivity contribution < 1.29 is 9.53 Å². The highest BCUT2D eigenvalue weighted by atomic mass is 79.9. The summed E-state index contributed by atoms with van der Waals surface area (Å²) < 4.78 is 5.74. The van der Waals surface area contributed by atoms with Crippen LogP contribution in [0.2, 0.25) is 0 Å². The first kappa shape index (κ1) is 11.7. The molecule has 1 heterocycles. The van der Waals surface area contributed by atoms with E-state index in [9.17, 15) is 4.79 Å². The van der Waals surface area contributed by atoms with Crippen molar-refractivity contribution in [3.63, 3.8) is 0 Å². The molecule has 1 rings (SSSR count). The van der Waals surface area contributed by atoms with Gasteiger partial charge in [0.25, 0.3) is 0 Å². The number of rotatable bonds is 3. The van der Waals surface area contributed by atoms with Gasteiger partial charge in [-0.05, 0) is 36.7 Å². The summed E-state index contributed by atoms with van der Waals surface area (Å²) in [5.41, 5.74) is -0.660. The minimum atomic E-state index is -0.660. The molecular weight excluding hydrogens is 266 g/mol. The van der Waals surface area contributed by atoms with Gasteiger partial charge in [-0.2, -0.15) is 0 Å². The lowest BCUT2D eigenvalue weighted by molar-refractivity contribution is -0.148. The zero-order chi connectivity index (χ0) is 10.8. The summed E-state index contributed by atoms with van der Waals surface area (Å²) >= 11 is 4.71. The van der Waals surface area contributed by atoms with Crippen molar-refractivity contribution in [2.24, 2.45) is 0 Å². The number of thiazole rings is 1. The Kier molecular flexibility index (Phi) is 3.66. The smallest absolute Gasteiger partial charge is 0.318 e. The third kappa shape index (κ3) is 2.33. The van der Waals surface area contributed by atoms with Crippen LogP contribution in [0.1, 0.15) is 25.8 Å². The van der Waals surface area contributed by atoms with E-state index < -0.39 is 5.41 Å². The number of ether oxygens (including phenoxy) is 1. The second kappa shape index (κ2) is 4.40. The molecule has 1 aromatic rings. The van der Waals surface area contributed by atoms with Crippen molar-refractivity contribution in [3.05, 3.63) is 15.0 Å². The second-order valence-corrected chi connectivity index (χ2v) is 4.99. The summed E-state index contributed by atoms with van der Waals surface area (Å²) in [5.74, 6) is -0.234. The molecule has 0 amide bonds. The Morgan fingerprint density at radius 2 is 2.36 bits per heavy atom. The van der Waals surface area contributed by atoms with Gasteiger partial charge in [0.1, 0.15) is 15.0 Å². The van der Waals surface area contributed by atoms with Crippen LogP contribution in [0, 0.1) is 0 Å². The molecular formula is C9H12BrNO2S. The van der Waals surface area contributed by atoms with Crippen LogP contribution in [0.5, 0.6) is 0 Å². The minimum absolute atomic E-state index is 0.234. The monoisotopic (exact) mass is 277 g/mol. The van der Waals surface area contributed by atoms with E-state index in [1.54, 1.807) is 6.92 Å². The van der Waals surface area contributed by atoms with Crippen LogP contribution in [0.4, 0.5) is 0 Å². The first-order chi connectivity index (χ1) is 6.48. The number of aromatic nitrogens is 1. The van der Waals surface area contributed by atoms with Crippen LogP contribution in [0.15, 0.2) is 9.98 Å². The average Bonchev–Trinajstić information content (AvgIpc) is 2.52. The number of nitrogens with zero attached hydrogens (tertiary/aromatic N) is 1. The van der Waals surface area contributed by atoms with E-state index in [1.165, 1.54) is 11.3 Å². The van der Waals surface area contributed by atoms with Gasteiger partial charge in [-0.1, -0.05) is 0 Å². The van der Waals surface area contributed by atoms with Gasteiger partial charge in [0, 0.05) is 5.38 Å². The van der Waals surface area contributed by atoms with Gasteiger partial charge in [-0.25, -0.2) is 4.98 Å². The van der Waals surface area contributed by atoms with E-state index in [2.05, 4.69) is 20.9 Å². The molecule has 0 saturated heterocycles. The highest BCUT2D eigenvalue weighted by Gasteiger charge is 2.34. The van der Waals surface area contributed by atoms with E-state index in [0.717, 1.165) is 9.61 Å². The fourth-order valence-corrected chi connectivity index (χ4v) is 2.31. The van der Waals surface area contributed by atoms with Crippen LogP contribution < -0.4 is 0 Å². The maximum absolute atomic E-state index is 11.6. The molecule has 0 atom stereocenters. The normalized spacial score (nSPS) is 11.4. The Hall–Kier alpha value is -0.420. The van der Waals surface area contributed by atoms with Gasteiger partial charge in [-0.15, -0.1) is 11.3 Å².